The van der Waals surface area contributed by atoms with Crippen LogP contribution in [0, 0.1) is 0 Å². The number of rotatable bonds is 6. The molecule has 0 amide bonds. The van der Waals surface area contributed by atoms with Crippen molar-refractivity contribution < 1.29 is 0 Å². The van der Waals surface area contributed by atoms with Gasteiger partial charge in [-0.1, -0.05) is 170 Å². The quantitative estimate of drug-likeness (QED) is 0.171. The monoisotopic (exact) mass is 726 g/mol. The molecule has 0 spiro atoms. The van der Waals surface area contributed by atoms with Gasteiger partial charge in [-0.2, -0.15) is 0 Å². The summed E-state index contributed by atoms with van der Waals surface area (Å²) in [5.41, 5.74) is 10.7. The van der Waals surface area contributed by atoms with E-state index in [4.69, 9.17) is 15.0 Å². The van der Waals surface area contributed by atoms with Gasteiger partial charge in [0.1, 0.15) is 0 Å². The van der Waals surface area contributed by atoms with E-state index < -0.39 is 0 Å². The lowest BCUT2D eigenvalue weighted by atomic mass is 9.96. The molecule has 0 saturated heterocycles. The fourth-order valence-electron chi connectivity index (χ4n) is 8.25. The third-order valence-electron chi connectivity index (χ3n) is 11.0. The summed E-state index contributed by atoms with van der Waals surface area (Å²) in [6, 6.07) is 73.0. The molecule has 4 nitrogen and oxygen atoms in total. The van der Waals surface area contributed by atoms with Crippen molar-refractivity contribution in [3.8, 4) is 62.1 Å². The van der Waals surface area contributed by atoms with Crippen molar-refractivity contribution in [1.29, 1.82) is 0 Å². The van der Waals surface area contributed by atoms with Crippen molar-refractivity contribution in [2.75, 3.05) is 0 Å². The lowest BCUT2D eigenvalue weighted by Gasteiger charge is -2.18. The highest BCUT2D eigenvalue weighted by Crippen LogP contribution is 2.42. The van der Waals surface area contributed by atoms with Crippen molar-refractivity contribution in [3.63, 3.8) is 0 Å². The minimum absolute atomic E-state index is 0.619. The Kier molecular flexibility index (Phi) is 7.78. The summed E-state index contributed by atoms with van der Waals surface area (Å²) in [7, 11) is 0. The smallest absolute Gasteiger partial charge is 0.164 e. The van der Waals surface area contributed by atoms with Gasteiger partial charge in [-0.25, -0.2) is 15.0 Å². The fourth-order valence-corrected chi connectivity index (χ4v) is 8.25. The number of nitrogens with zero attached hydrogens (tertiary/aromatic N) is 4. The number of hydrogen-bond donors (Lipinski definition) is 0. The number of benzene rings is 9. The Morgan fingerprint density at radius 2 is 0.842 bits per heavy atom. The van der Waals surface area contributed by atoms with Crippen LogP contribution < -0.4 is 0 Å². The van der Waals surface area contributed by atoms with Gasteiger partial charge < -0.3 is 4.57 Å². The second-order valence-corrected chi connectivity index (χ2v) is 14.5. The highest BCUT2D eigenvalue weighted by atomic mass is 15.0. The fraction of sp³-hybridized carbons (Fsp3) is 0. The van der Waals surface area contributed by atoms with E-state index in [1.165, 1.54) is 43.4 Å². The number of fused-ring (bicyclic) bond motifs is 6. The molecule has 4 heteroatoms. The van der Waals surface area contributed by atoms with E-state index in [-0.39, 0.29) is 0 Å². The third kappa shape index (κ3) is 5.74. The first-order chi connectivity index (χ1) is 28.2. The van der Waals surface area contributed by atoms with Crippen LogP contribution in [0.15, 0.2) is 206 Å². The summed E-state index contributed by atoms with van der Waals surface area (Å²) >= 11 is 0. The van der Waals surface area contributed by atoms with Crippen molar-refractivity contribution in [3.05, 3.63) is 206 Å². The zero-order valence-corrected chi connectivity index (χ0v) is 30.9. The van der Waals surface area contributed by atoms with Gasteiger partial charge in [0, 0.05) is 38.4 Å². The Balaban J connectivity index is 1.22. The van der Waals surface area contributed by atoms with E-state index in [1.54, 1.807) is 0 Å². The number of hydrogen-bond acceptors (Lipinski definition) is 3. The SMILES string of the molecule is c1ccc(-c2cccc(-c3cc(-c4nc(-c5ccccc5)nc(-c5ccccc5)n4)ccc3-n3c4cc5ccccc5cc4c4ccc5ccccc5c43)c2)cc1. The molecule has 2 aromatic heterocycles. The molecule has 0 fully saturated rings. The zero-order chi connectivity index (χ0) is 37.7. The van der Waals surface area contributed by atoms with Gasteiger partial charge in [0.25, 0.3) is 0 Å². The standard InChI is InChI=1S/C53H34N4/c1-4-15-35(16-5-1)39-24-14-25-42(31-39)46-33-43(53-55-51(37-18-6-2-7-19-37)54-52(56-53)38-20-8-3-9-21-38)28-30-48(46)57-49-34-41-23-11-10-22-40(41)32-47(49)45-29-27-36-17-12-13-26-44(36)50(45)57/h1-34H. The highest BCUT2D eigenvalue weighted by molar-refractivity contribution is 6.21. The Morgan fingerprint density at radius 1 is 0.298 bits per heavy atom. The predicted molar refractivity (Wildman–Crippen MR) is 236 cm³/mol. The predicted octanol–water partition coefficient (Wildman–Crippen LogP) is 13.6. The molecule has 2 heterocycles. The van der Waals surface area contributed by atoms with Crippen molar-refractivity contribution in [2.45, 2.75) is 0 Å². The van der Waals surface area contributed by atoms with Gasteiger partial charge in [0.05, 0.1) is 16.7 Å². The molecule has 0 N–H and O–H groups in total. The second-order valence-electron chi connectivity index (χ2n) is 14.5. The maximum atomic E-state index is 5.14. The average molecular weight is 727 g/mol. The van der Waals surface area contributed by atoms with Gasteiger partial charge in [-0.3, -0.25) is 0 Å². The Labute approximate surface area is 330 Å². The molecule has 0 bridgehead atoms. The van der Waals surface area contributed by atoms with Crippen LogP contribution in [0.3, 0.4) is 0 Å². The molecule has 11 aromatic rings. The van der Waals surface area contributed by atoms with E-state index in [0.717, 1.165) is 44.6 Å². The molecule has 0 atom stereocenters. The molecule has 0 saturated carbocycles. The second kappa shape index (κ2) is 13.6. The van der Waals surface area contributed by atoms with Gasteiger partial charge in [0.15, 0.2) is 17.5 Å². The van der Waals surface area contributed by atoms with Gasteiger partial charge >= 0.3 is 0 Å². The summed E-state index contributed by atoms with van der Waals surface area (Å²) in [5, 5.41) is 7.28. The van der Waals surface area contributed by atoms with E-state index in [2.05, 4.69) is 150 Å². The van der Waals surface area contributed by atoms with Crippen LogP contribution in [-0.2, 0) is 0 Å². The van der Waals surface area contributed by atoms with E-state index in [9.17, 15) is 0 Å². The zero-order valence-electron chi connectivity index (χ0n) is 30.9. The topological polar surface area (TPSA) is 43.6 Å². The Morgan fingerprint density at radius 3 is 1.53 bits per heavy atom. The van der Waals surface area contributed by atoms with Crippen LogP contribution >= 0.6 is 0 Å². The average Bonchev–Trinajstić information content (AvgIpc) is 3.62. The van der Waals surface area contributed by atoms with Crippen LogP contribution in [0.25, 0.3) is 105 Å². The summed E-state index contributed by atoms with van der Waals surface area (Å²) in [6.45, 7) is 0. The first kappa shape index (κ1) is 32.7. The van der Waals surface area contributed by atoms with Crippen molar-refractivity contribution in [1.82, 2.24) is 19.5 Å². The van der Waals surface area contributed by atoms with E-state index >= 15 is 0 Å². The summed E-state index contributed by atoms with van der Waals surface area (Å²) in [6.07, 6.45) is 0. The van der Waals surface area contributed by atoms with E-state index in [0.29, 0.717) is 17.5 Å². The van der Waals surface area contributed by atoms with E-state index in [1.807, 2.05) is 60.7 Å². The highest BCUT2D eigenvalue weighted by Gasteiger charge is 2.21. The maximum Gasteiger partial charge on any atom is 0.164 e. The minimum Gasteiger partial charge on any atom is -0.308 e. The van der Waals surface area contributed by atoms with Gasteiger partial charge in [0.2, 0.25) is 0 Å². The van der Waals surface area contributed by atoms with Crippen LogP contribution in [-0.4, -0.2) is 19.5 Å². The first-order valence-electron chi connectivity index (χ1n) is 19.3. The minimum atomic E-state index is 0.619. The van der Waals surface area contributed by atoms with Crippen LogP contribution in [0.5, 0.6) is 0 Å². The molecule has 11 rings (SSSR count). The maximum absolute atomic E-state index is 5.14. The van der Waals surface area contributed by atoms with Crippen LogP contribution in [0.4, 0.5) is 0 Å². The van der Waals surface area contributed by atoms with Gasteiger partial charge in [-0.15, -0.1) is 0 Å². The lowest BCUT2D eigenvalue weighted by molar-refractivity contribution is 1.07. The molecule has 0 unspecified atom stereocenters. The molecular formula is C53H34N4. The molecule has 0 aliphatic carbocycles. The Bertz CT molecular complexity index is 3220. The Hall–Kier alpha value is -7.69. The molecule has 0 aliphatic rings. The normalized spacial score (nSPS) is 11.5. The molecule has 0 radical (unpaired) electrons. The summed E-state index contributed by atoms with van der Waals surface area (Å²) < 4.78 is 2.48. The number of aromatic nitrogens is 4. The summed E-state index contributed by atoms with van der Waals surface area (Å²) in [5.74, 6) is 1.89. The van der Waals surface area contributed by atoms with Crippen molar-refractivity contribution >= 4 is 43.4 Å². The summed E-state index contributed by atoms with van der Waals surface area (Å²) in [4.78, 5) is 15.3. The lowest BCUT2D eigenvalue weighted by Crippen LogP contribution is -2.02. The van der Waals surface area contributed by atoms with Crippen LogP contribution in [0.1, 0.15) is 0 Å². The first-order valence-corrected chi connectivity index (χ1v) is 19.3. The molecular weight excluding hydrogens is 693 g/mol. The van der Waals surface area contributed by atoms with Crippen LogP contribution in [0.2, 0.25) is 0 Å². The molecule has 57 heavy (non-hydrogen) atoms. The van der Waals surface area contributed by atoms with Gasteiger partial charge in [-0.05, 0) is 69.2 Å². The largest absolute Gasteiger partial charge is 0.308 e. The third-order valence-corrected chi connectivity index (χ3v) is 11.0. The van der Waals surface area contributed by atoms with Crippen molar-refractivity contribution in [2.24, 2.45) is 0 Å². The molecule has 9 aromatic carbocycles. The molecule has 266 valence electrons. The molecule has 0 aliphatic heterocycles.